The molecular formula is C13H18N6. The first-order chi connectivity index (χ1) is 9.16. The Kier molecular flexibility index (Phi) is 4.12. The van der Waals surface area contributed by atoms with Crippen molar-refractivity contribution in [3.63, 3.8) is 0 Å². The average Bonchev–Trinajstić information content (AvgIpc) is 2.82. The summed E-state index contributed by atoms with van der Waals surface area (Å²) in [7, 11) is 1.95. The van der Waals surface area contributed by atoms with Gasteiger partial charge >= 0.3 is 0 Å². The highest BCUT2D eigenvalue weighted by atomic mass is 15.3. The van der Waals surface area contributed by atoms with Crippen LogP contribution in [0.2, 0.25) is 0 Å². The number of aromatic nitrogens is 3. The molecule has 0 saturated heterocycles. The van der Waals surface area contributed by atoms with Gasteiger partial charge in [-0.3, -0.25) is 10.4 Å². The largest absolute Gasteiger partial charge is 0.388 e. The molecule has 0 aliphatic heterocycles. The first-order valence-electron chi connectivity index (χ1n) is 6.11. The first-order valence-corrected chi connectivity index (χ1v) is 6.11. The summed E-state index contributed by atoms with van der Waals surface area (Å²) < 4.78 is 1.95. The predicted molar refractivity (Wildman–Crippen MR) is 75.0 cm³/mol. The number of nitrogens with one attached hydrogen (secondary N) is 1. The van der Waals surface area contributed by atoms with Gasteiger partial charge in [0.05, 0.1) is 5.84 Å². The van der Waals surface area contributed by atoms with E-state index >= 15 is 0 Å². The fourth-order valence-electron chi connectivity index (χ4n) is 1.88. The minimum Gasteiger partial charge on any atom is -0.388 e. The zero-order valence-corrected chi connectivity index (χ0v) is 11.0. The van der Waals surface area contributed by atoms with E-state index in [1.165, 1.54) is 0 Å². The van der Waals surface area contributed by atoms with Gasteiger partial charge in [0.1, 0.15) is 0 Å². The van der Waals surface area contributed by atoms with E-state index in [9.17, 15) is 0 Å². The topological polar surface area (TPSA) is 83.8 Å². The lowest BCUT2D eigenvalue weighted by molar-refractivity contribution is 0.735. The van der Waals surface area contributed by atoms with Gasteiger partial charge in [-0.1, -0.05) is 6.07 Å². The highest BCUT2D eigenvalue weighted by Gasteiger charge is 2.12. The monoisotopic (exact) mass is 258 g/mol. The zero-order chi connectivity index (χ0) is 13.7. The molecule has 0 amide bonds. The molecule has 0 aliphatic carbocycles. The van der Waals surface area contributed by atoms with Crippen LogP contribution < -0.4 is 10.6 Å². The zero-order valence-electron chi connectivity index (χ0n) is 11.0. The molecule has 3 N–H and O–H groups in total. The third-order valence-electron chi connectivity index (χ3n) is 2.83. The molecule has 0 radical (unpaired) electrons. The van der Waals surface area contributed by atoms with Crippen molar-refractivity contribution in [1.29, 1.82) is 5.41 Å². The molecule has 0 aliphatic rings. The normalized spacial score (nSPS) is 10.4. The Morgan fingerprint density at radius 2 is 2.32 bits per heavy atom. The second-order valence-electron chi connectivity index (χ2n) is 4.40. The smallest absolute Gasteiger partial charge is 0.205 e. The van der Waals surface area contributed by atoms with E-state index in [0.29, 0.717) is 19.5 Å². The van der Waals surface area contributed by atoms with Crippen molar-refractivity contribution in [2.75, 3.05) is 11.4 Å². The Bertz CT molecular complexity index is 533. The van der Waals surface area contributed by atoms with Crippen molar-refractivity contribution in [2.24, 2.45) is 12.8 Å². The number of rotatable bonds is 6. The van der Waals surface area contributed by atoms with E-state index in [-0.39, 0.29) is 5.84 Å². The molecule has 2 rings (SSSR count). The molecule has 0 spiro atoms. The molecular weight excluding hydrogens is 240 g/mol. The third-order valence-corrected chi connectivity index (χ3v) is 2.83. The van der Waals surface area contributed by atoms with Crippen LogP contribution in [0.3, 0.4) is 0 Å². The molecule has 0 bridgehead atoms. The SMILES string of the molecule is Cn1ccnc1N(CCC(=N)N)Cc1cccnc1. The van der Waals surface area contributed by atoms with Crippen LogP contribution in [0.15, 0.2) is 36.9 Å². The van der Waals surface area contributed by atoms with Crippen LogP contribution in [0, 0.1) is 5.41 Å². The van der Waals surface area contributed by atoms with Crippen molar-refractivity contribution in [3.05, 3.63) is 42.5 Å². The van der Waals surface area contributed by atoms with E-state index in [4.69, 9.17) is 11.1 Å². The second kappa shape index (κ2) is 5.99. The third kappa shape index (κ3) is 3.54. The number of nitrogens with two attached hydrogens (primary N) is 1. The lowest BCUT2D eigenvalue weighted by atomic mass is 10.2. The van der Waals surface area contributed by atoms with Crippen molar-refractivity contribution >= 4 is 11.8 Å². The molecule has 0 atom stereocenters. The van der Waals surface area contributed by atoms with Gasteiger partial charge in [0.15, 0.2) is 0 Å². The van der Waals surface area contributed by atoms with E-state index in [1.54, 1.807) is 12.4 Å². The minimum absolute atomic E-state index is 0.186. The Balaban J connectivity index is 2.15. The van der Waals surface area contributed by atoms with Gasteiger partial charge in [-0.2, -0.15) is 0 Å². The standard InChI is InChI=1S/C13H18N6/c1-18-8-6-17-13(18)19(7-4-12(14)15)10-11-3-2-5-16-9-11/h2-3,5-6,8-9H,4,7,10H2,1H3,(H3,14,15). The van der Waals surface area contributed by atoms with Gasteiger partial charge in [-0.25, -0.2) is 4.98 Å². The summed E-state index contributed by atoms with van der Waals surface area (Å²) in [4.78, 5) is 10.6. The fraction of sp³-hybridized carbons (Fsp3) is 0.308. The molecule has 6 heteroatoms. The molecule has 100 valence electrons. The van der Waals surface area contributed by atoms with Crippen LogP contribution >= 0.6 is 0 Å². The number of hydrogen-bond donors (Lipinski definition) is 2. The quantitative estimate of drug-likeness (QED) is 0.601. The highest BCUT2D eigenvalue weighted by Crippen LogP contribution is 2.14. The van der Waals surface area contributed by atoms with Crippen LogP contribution in [-0.4, -0.2) is 26.9 Å². The molecule has 0 aromatic carbocycles. The molecule has 2 aromatic heterocycles. The molecule has 2 aromatic rings. The van der Waals surface area contributed by atoms with E-state index < -0.39 is 0 Å². The molecule has 2 heterocycles. The van der Waals surface area contributed by atoms with Crippen molar-refractivity contribution < 1.29 is 0 Å². The van der Waals surface area contributed by atoms with Crippen LogP contribution in [0.25, 0.3) is 0 Å². The minimum atomic E-state index is 0.186. The summed E-state index contributed by atoms with van der Waals surface area (Å²) in [5, 5.41) is 7.36. The number of nitrogens with zero attached hydrogens (tertiary/aromatic N) is 4. The summed E-state index contributed by atoms with van der Waals surface area (Å²) in [5.41, 5.74) is 6.55. The molecule has 0 saturated carbocycles. The van der Waals surface area contributed by atoms with Gasteiger partial charge in [-0.05, 0) is 11.6 Å². The van der Waals surface area contributed by atoms with Gasteiger partial charge in [0.25, 0.3) is 0 Å². The Labute approximate surface area is 112 Å². The predicted octanol–water partition coefficient (Wildman–Crippen LogP) is 1.15. The fourth-order valence-corrected chi connectivity index (χ4v) is 1.88. The maximum atomic E-state index is 7.36. The number of aryl methyl sites for hydroxylation is 1. The Morgan fingerprint density at radius 3 is 2.89 bits per heavy atom. The lowest BCUT2D eigenvalue weighted by Gasteiger charge is -2.23. The van der Waals surface area contributed by atoms with Gasteiger partial charge in [0, 0.05) is 51.3 Å². The van der Waals surface area contributed by atoms with E-state index in [0.717, 1.165) is 11.5 Å². The first kappa shape index (κ1) is 13.1. The molecule has 0 unspecified atom stereocenters. The van der Waals surface area contributed by atoms with Crippen LogP contribution in [0.4, 0.5) is 5.95 Å². The number of amidine groups is 1. The van der Waals surface area contributed by atoms with E-state index in [1.807, 2.05) is 36.1 Å². The van der Waals surface area contributed by atoms with Gasteiger partial charge in [-0.15, -0.1) is 0 Å². The Morgan fingerprint density at radius 1 is 1.47 bits per heavy atom. The summed E-state index contributed by atoms with van der Waals surface area (Å²) in [5.74, 6) is 1.05. The Hall–Kier alpha value is -2.37. The molecule has 6 nitrogen and oxygen atoms in total. The lowest BCUT2D eigenvalue weighted by Crippen LogP contribution is -2.29. The summed E-state index contributed by atoms with van der Waals surface area (Å²) in [6, 6.07) is 3.94. The number of hydrogen-bond acceptors (Lipinski definition) is 4. The number of imidazole rings is 1. The molecule has 19 heavy (non-hydrogen) atoms. The van der Waals surface area contributed by atoms with Gasteiger partial charge in [0.2, 0.25) is 5.95 Å². The summed E-state index contributed by atoms with van der Waals surface area (Å²) in [6.45, 7) is 1.36. The maximum Gasteiger partial charge on any atom is 0.205 e. The van der Waals surface area contributed by atoms with Crippen molar-refractivity contribution in [1.82, 2.24) is 14.5 Å². The average molecular weight is 258 g/mol. The number of anilines is 1. The maximum absolute atomic E-state index is 7.36. The highest BCUT2D eigenvalue weighted by molar-refractivity contribution is 5.77. The van der Waals surface area contributed by atoms with Crippen LogP contribution in [-0.2, 0) is 13.6 Å². The summed E-state index contributed by atoms with van der Waals surface area (Å²) >= 11 is 0. The molecule has 0 fully saturated rings. The second-order valence-corrected chi connectivity index (χ2v) is 4.40. The van der Waals surface area contributed by atoms with Crippen molar-refractivity contribution in [2.45, 2.75) is 13.0 Å². The summed E-state index contributed by atoms with van der Waals surface area (Å²) in [6.07, 6.45) is 7.78. The van der Waals surface area contributed by atoms with Crippen molar-refractivity contribution in [3.8, 4) is 0 Å². The van der Waals surface area contributed by atoms with Gasteiger partial charge < -0.3 is 15.2 Å². The number of pyridine rings is 1. The van der Waals surface area contributed by atoms with Crippen LogP contribution in [0.1, 0.15) is 12.0 Å². The van der Waals surface area contributed by atoms with E-state index in [2.05, 4.69) is 14.9 Å². The van der Waals surface area contributed by atoms with Crippen LogP contribution in [0.5, 0.6) is 0 Å².